The highest BCUT2D eigenvalue weighted by Gasteiger charge is 2.43. The normalized spacial score (nSPS) is 19.3. The lowest BCUT2D eigenvalue weighted by Crippen LogP contribution is -2.48. The number of hydrogen-bond donors (Lipinski definition) is 3. The molecule has 3 aromatic rings. The zero-order chi connectivity index (χ0) is 33.2. The molecule has 2 saturated heterocycles. The van der Waals surface area contributed by atoms with Gasteiger partial charge in [-0.05, 0) is 85.4 Å². The summed E-state index contributed by atoms with van der Waals surface area (Å²) in [5, 5.41) is 19.6. The SMILES string of the molecule is CCc1cccc(-c2c(Cl)cccc2[C@](O)(CCCNC(=O)OC)[C@@H]2CCCN(C(=O)c3ccc(CNCC4CCCO4)cc3)C2)c1. The van der Waals surface area contributed by atoms with E-state index in [-0.39, 0.29) is 17.9 Å². The van der Waals surface area contributed by atoms with Gasteiger partial charge in [-0.15, -0.1) is 0 Å². The number of rotatable bonds is 13. The second-order valence-electron chi connectivity index (χ2n) is 12.7. The van der Waals surface area contributed by atoms with Crippen molar-refractivity contribution in [2.75, 3.05) is 39.9 Å². The molecule has 0 aliphatic carbocycles. The van der Waals surface area contributed by atoms with Crippen molar-refractivity contribution in [3.8, 4) is 11.1 Å². The Hall–Kier alpha value is -3.43. The predicted octanol–water partition coefficient (Wildman–Crippen LogP) is 6.71. The second-order valence-corrected chi connectivity index (χ2v) is 13.1. The molecule has 0 spiro atoms. The number of halogens is 1. The predicted molar refractivity (Wildman–Crippen MR) is 186 cm³/mol. The topological polar surface area (TPSA) is 100 Å². The molecule has 5 rings (SSSR count). The zero-order valence-electron chi connectivity index (χ0n) is 27.6. The van der Waals surface area contributed by atoms with E-state index < -0.39 is 11.7 Å². The number of ether oxygens (including phenoxy) is 2. The van der Waals surface area contributed by atoms with E-state index in [1.165, 1.54) is 12.7 Å². The fraction of sp³-hybridized carbons (Fsp3) is 0.474. The molecule has 47 heavy (non-hydrogen) atoms. The molecule has 3 N–H and O–H groups in total. The van der Waals surface area contributed by atoms with Crippen LogP contribution in [0.5, 0.6) is 0 Å². The van der Waals surface area contributed by atoms with Gasteiger partial charge in [0.2, 0.25) is 0 Å². The first-order valence-electron chi connectivity index (χ1n) is 17.0. The number of nitrogens with zero attached hydrogens (tertiary/aromatic N) is 1. The maximum atomic E-state index is 13.8. The zero-order valence-corrected chi connectivity index (χ0v) is 28.4. The monoisotopic (exact) mass is 661 g/mol. The Morgan fingerprint density at radius 1 is 1.06 bits per heavy atom. The minimum absolute atomic E-state index is 0.0368. The molecule has 3 aromatic carbocycles. The van der Waals surface area contributed by atoms with Crippen LogP contribution in [0.4, 0.5) is 4.79 Å². The summed E-state index contributed by atoms with van der Waals surface area (Å²) in [4.78, 5) is 27.5. The minimum atomic E-state index is -1.31. The first-order chi connectivity index (χ1) is 22.8. The maximum Gasteiger partial charge on any atom is 0.406 e. The summed E-state index contributed by atoms with van der Waals surface area (Å²) in [5.74, 6) is -0.281. The molecule has 0 aromatic heterocycles. The van der Waals surface area contributed by atoms with E-state index in [0.29, 0.717) is 43.1 Å². The van der Waals surface area contributed by atoms with Crippen molar-refractivity contribution in [1.82, 2.24) is 15.5 Å². The molecule has 2 fully saturated rings. The van der Waals surface area contributed by atoms with Gasteiger partial charge in [0.15, 0.2) is 0 Å². The molecule has 2 aliphatic rings. The fourth-order valence-corrected chi connectivity index (χ4v) is 7.27. The second kappa shape index (κ2) is 16.6. The van der Waals surface area contributed by atoms with Crippen LogP contribution in [0.3, 0.4) is 0 Å². The average molecular weight is 662 g/mol. The Morgan fingerprint density at radius 3 is 2.62 bits per heavy atom. The molecule has 9 heteroatoms. The molecule has 252 valence electrons. The molecule has 1 unspecified atom stereocenters. The Kier molecular flexibility index (Phi) is 12.3. The molecular formula is C38H48ClN3O5. The number of carbonyl (C=O) groups is 2. The summed E-state index contributed by atoms with van der Waals surface area (Å²) in [6, 6.07) is 21.8. The Balaban J connectivity index is 1.36. The van der Waals surface area contributed by atoms with Gasteiger partial charge in [-0.2, -0.15) is 0 Å². The standard InChI is InChI=1S/C38H48ClN3O5/c1-3-27-9-4-10-30(23-27)35-33(13-5-14-34(35)39)38(45,19-8-20-41-37(44)46-2)31-11-6-21-42(26-31)36(43)29-17-15-28(16-18-29)24-40-25-32-12-7-22-47-32/h4-5,9-10,13-18,23,31-32,40,45H,3,6-8,11-12,19-22,24-26H2,1-2H3,(H,41,44)/t31-,32?,38+/m1/s1. The quantitative estimate of drug-likeness (QED) is 0.176. The van der Waals surface area contributed by atoms with Gasteiger partial charge in [0.25, 0.3) is 5.91 Å². The van der Waals surface area contributed by atoms with Crippen molar-refractivity contribution < 1.29 is 24.2 Å². The summed E-state index contributed by atoms with van der Waals surface area (Å²) in [6.07, 6.45) is 5.29. The van der Waals surface area contributed by atoms with Crippen LogP contribution in [0.2, 0.25) is 5.02 Å². The third kappa shape index (κ3) is 8.73. The summed E-state index contributed by atoms with van der Waals surface area (Å²) >= 11 is 6.90. The first-order valence-corrected chi connectivity index (χ1v) is 17.3. The van der Waals surface area contributed by atoms with Crippen molar-refractivity contribution in [2.45, 2.75) is 70.1 Å². The number of amides is 2. The number of benzene rings is 3. The molecule has 0 radical (unpaired) electrons. The number of likely N-dealkylation sites (tertiary alicyclic amines) is 1. The van der Waals surface area contributed by atoms with Gasteiger partial charge in [0.1, 0.15) is 0 Å². The smallest absolute Gasteiger partial charge is 0.406 e. The van der Waals surface area contributed by atoms with E-state index in [4.69, 9.17) is 21.1 Å². The van der Waals surface area contributed by atoms with Gasteiger partial charge in [-0.1, -0.05) is 67.1 Å². The van der Waals surface area contributed by atoms with E-state index in [1.807, 2.05) is 59.5 Å². The highest BCUT2D eigenvalue weighted by molar-refractivity contribution is 6.33. The first kappa shape index (κ1) is 34.9. The summed E-state index contributed by atoms with van der Waals surface area (Å²) in [5.41, 5.74) is 4.13. The number of carbonyl (C=O) groups excluding carboxylic acids is 2. The van der Waals surface area contributed by atoms with Crippen LogP contribution in [-0.2, 0) is 28.0 Å². The van der Waals surface area contributed by atoms with Crippen molar-refractivity contribution in [2.24, 2.45) is 5.92 Å². The van der Waals surface area contributed by atoms with Gasteiger partial charge in [0.05, 0.1) is 18.8 Å². The van der Waals surface area contributed by atoms with E-state index in [9.17, 15) is 14.7 Å². The van der Waals surface area contributed by atoms with Gasteiger partial charge >= 0.3 is 6.09 Å². The lowest BCUT2D eigenvalue weighted by molar-refractivity contribution is -0.0563. The largest absolute Gasteiger partial charge is 0.453 e. The number of methoxy groups -OCH3 is 1. The van der Waals surface area contributed by atoms with Crippen LogP contribution < -0.4 is 10.6 Å². The third-order valence-corrected chi connectivity index (χ3v) is 9.92. The van der Waals surface area contributed by atoms with E-state index in [2.05, 4.69) is 29.7 Å². The summed E-state index contributed by atoms with van der Waals surface area (Å²) < 4.78 is 10.4. The number of nitrogens with one attached hydrogen (secondary N) is 2. The molecule has 0 saturated carbocycles. The molecule has 8 nitrogen and oxygen atoms in total. The van der Waals surface area contributed by atoms with Crippen LogP contribution in [-0.4, -0.2) is 68.0 Å². The molecule has 2 amide bonds. The number of aryl methyl sites for hydroxylation is 1. The summed E-state index contributed by atoms with van der Waals surface area (Å²) in [6.45, 7) is 5.89. The highest BCUT2D eigenvalue weighted by atomic mass is 35.5. The van der Waals surface area contributed by atoms with Crippen LogP contribution in [0.15, 0.2) is 66.7 Å². The van der Waals surface area contributed by atoms with E-state index in [0.717, 1.165) is 74.1 Å². The lowest BCUT2D eigenvalue weighted by atomic mass is 9.72. The average Bonchev–Trinajstić information content (AvgIpc) is 3.63. The van der Waals surface area contributed by atoms with Crippen molar-refractivity contribution in [3.63, 3.8) is 0 Å². The van der Waals surface area contributed by atoms with Gasteiger partial charge < -0.3 is 30.1 Å². The van der Waals surface area contributed by atoms with Crippen LogP contribution in [0.1, 0.15) is 72.5 Å². The van der Waals surface area contributed by atoms with Crippen LogP contribution in [0.25, 0.3) is 11.1 Å². The van der Waals surface area contributed by atoms with E-state index in [1.54, 1.807) is 0 Å². The van der Waals surface area contributed by atoms with Gasteiger partial charge in [-0.25, -0.2) is 4.79 Å². The Morgan fingerprint density at radius 2 is 1.87 bits per heavy atom. The van der Waals surface area contributed by atoms with Crippen LogP contribution in [0, 0.1) is 5.92 Å². The molecule has 2 heterocycles. The van der Waals surface area contributed by atoms with Crippen molar-refractivity contribution in [3.05, 3.63) is 94.0 Å². The van der Waals surface area contributed by atoms with E-state index >= 15 is 0 Å². The number of alkyl carbamates (subject to hydrolysis) is 1. The van der Waals surface area contributed by atoms with Gasteiger partial charge in [0, 0.05) is 61.4 Å². The minimum Gasteiger partial charge on any atom is -0.453 e. The molecule has 3 atom stereocenters. The molecular weight excluding hydrogens is 614 g/mol. The number of hydrogen-bond acceptors (Lipinski definition) is 6. The Labute approximate surface area is 283 Å². The highest BCUT2D eigenvalue weighted by Crippen LogP contribution is 2.45. The van der Waals surface area contributed by atoms with Crippen molar-refractivity contribution >= 4 is 23.6 Å². The summed E-state index contributed by atoms with van der Waals surface area (Å²) in [7, 11) is 1.33. The molecule has 2 aliphatic heterocycles. The molecule has 0 bridgehead atoms. The van der Waals surface area contributed by atoms with Crippen molar-refractivity contribution in [1.29, 1.82) is 0 Å². The number of aliphatic hydroxyl groups is 1. The number of piperidine rings is 1. The maximum absolute atomic E-state index is 13.8. The Bertz CT molecular complexity index is 1490. The van der Waals surface area contributed by atoms with Crippen LogP contribution >= 0.6 is 11.6 Å². The third-order valence-electron chi connectivity index (χ3n) is 9.60. The fourth-order valence-electron chi connectivity index (χ4n) is 6.99. The lowest BCUT2D eigenvalue weighted by Gasteiger charge is -2.44. The van der Waals surface area contributed by atoms with Gasteiger partial charge in [-0.3, -0.25) is 4.79 Å².